The highest BCUT2D eigenvalue weighted by Gasteiger charge is 2.19. The van der Waals surface area contributed by atoms with E-state index in [2.05, 4.69) is 10.3 Å². The lowest BCUT2D eigenvalue weighted by Gasteiger charge is -2.13. The quantitative estimate of drug-likeness (QED) is 0.552. The largest absolute Gasteiger partial charge is 0.327 e. The summed E-state index contributed by atoms with van der Waals surface area (Å²) in [5, 5.41) is 5.07. The summed E-state index contributed by atoms with van der Waals surface area (Å²) in [7, 11) is 0. The molecule has 0 unspecified atom stereocenters. The first-order valence-corrected chi connectivity index (χ1v) is 9.32. The second-order valence-corrected chi connectivity index (χ2v) is 7.14. The molecular formula is C21H16Cl2FN3O2. The van der Waals surface area contributed by atoms with Crippen molar-refractivity contribution in [3.8, 4) is 11.1 Å². The van der Waals surface area contributed by atoms with E-state index < -0.39 is 23.3 Å². The molecule has 0 fully saturated rings. The molecule has 0 saturated carbocycles. The van der Waals surface area contributed by atoms with Crippen LogP contribution in [0.3, 0.4) is 0 Å². The topological polar surface area (TPSA) is 71.1 Å². The van der Waals surface area contributed by atoms with Crippen molar-refractivity contribution in [3.63, 3.8) is 0 Å². The Morgan fingerprint density at radius 3 is 2.34 bits per heavy atom. The highest BCUT2D eigenvalue weighted by Crippen LogP contribution is 2.29. The fraction of sp³-hybridized carbons (Fsp3) is 0.0952. The minimum atomic E-state index is -0.947. The Labute approximate surface area is 176 Å². The van der Waals surface area contributed by atoms with Gasteiger partial charge in [-0.1, -0.05) is 41.4 Å². The molecule has 1 heterocycles. The zero-order valence-corrected chi connectivity index (χ0v) is 17.0. The Balaban J connectivity index is 1.77. The van der Waals surface area contributed by atoms with Crippen molar-refractivity contribution >= 4 is 41.0 Å². The van der Waals surface area contributed by atoms with Gasteiger partial charge in [-0.15, -0.1) is 0 Å². The maximum absolute atomic E-state index is 13.8. The van der Waals surface area contributed by atoms with Gasteiger partial charge < -0.3 is 0 Å². The van der Waals surface area contributed by atoms with Crippen LogP contribution in [0.2, 0.25) is 10.0 Å². The second-order valence-electron chi connectivity index (χ2n) is 6.30. The Morgan fingerprint density at radius 2 is 1.72 bits per heavy atom. The average molecular weight is 432 g/mol. The molecule has 1 aromatic heterocycles. The van der Waals surface area contributed by atoms with Gasteiger partial charge in [0.1, 0.15) is 11.6 Å². The Bertz CT molecular complexity index is 1060. The van der Waals surface area contributed by atoms with Gasteiger partial charge in [-0.2, -0.15) is 0 Å². The van der Waals surface area contributed by atoms with E-state index in [-0.39, 0.29) is 10.8 Å². The number of hydrogen-bond acceptors (Lipinski definition) is 3. The fourth-order valence-electron chi connectivity index (χ4n) is 2.98. The van der Waals surface area contributed by atoms with Crippen molar-refractivity contribution in [1.29, 1.82) is 0 Å². The molecule has 3 amide bonds. The van der Waals surface area contributed by atoms with Crippen LogP contribution in [0.25, 0.3) is 11.1 Å². The third-order valence-electron chi connectivity index (χ3n) is 4.19. The molecule has 2 N–H and O–H groups in total. The second kappa shape index (κ2) is 8.59. The highest BCUT2D eigenvalue weighted by atomic mass is 35.5. The lowest BCUT2D eigenvalue weighted by molar-refractivity contribution is 0.0963. The number of aromatic nitrogens is 1. The number of halogens is 3. The molecule has 0 spiro atoms. The smallest absolute Gasteiger partial charge is 0.292 e. The lowest BCUT2D eigenvalue weighted by atomic mass is 9.99. The molecule has 0 saturated heterocycles. The summed E-state index contributed by atoms with van der Waals surface area (Å²) in [6, 6.07) is 12.0. The van der Waals surface area contributed by atoms with Gasteiger partial charge in [-0.25, -0.2) is 14.2 Å². The Kier molecular flexibility index (Phi) is 6.15. The molecule has 2 aromatic carbocycles. The van der Waals surface area contributed by atoms with Crippen molar-refractivity contribution in [3.05, 3.63) is 81.2 Å². The third-order valence-corrected chi connectivity index (χ3v) is 4.76. The van der Waals surface area contributed by atoms with Crippen LogP contribution in [0.15, 0.2) is 48.5 Å². The van der Waals surface area contributed by atoms with Gasteiger partial charge in [0, 0.05) is 16.3 Å². The van der Waals surface area contributed by atoms with E-state index >= 15 is 0 Å². The number of urea groups is 1. The van der Waals surface area contributed by atoms with Crippen LogP contribution in [0.5, 0.6) is 0 Å². The fourth-order valence-corrected chi connectivity index (χ4v) is 3.35. The van der Waals surface area contributed by atoms with Crippen LogP contribution in [0, 0.1) is 19.7 Å². The van der Waals surface area contributed by atoms with Crippen molar-refractivity contribution in [2.45, 2.75) is 13.8 Å². The van der Waals surface area contributed by atoms with Crippen LogP contribution in [-0.2, 0) is 0 Å². The van der Waals surface area contributed by atoms with E-state index in [0.717, 1.165) is 22.8 Å². The summed E-state index contributed by atoms with van der Waals surface area (Å²) in [5.41, 5.74) is 3.02. The van der Waals surface area contributed by atoms with Gasteiger partial charge in [0.2, 0.25) is 0 Å². The number of carbonyl (C=O) groups excluding carboxylic acids is 2. The summed E-state index contributed by atoms with van der Waals surface area (Å²) in [5.74, 6) is -1.51. The molecule has 8 heteroatoms. The predicted molar refractivity (Wildman–Crippen MR) is 112 cm³/mol. The first-order valence-electron chi connectivity index (χ1n) is 8.57. The zero-order valence-electron chi connectivity index (χ0n) is 15.5. The molecule has 0 atom stereocenters. The van der Waals surface area contributed by atoms with E-state index in [1.54, 1.807) is 18.2 Å². The van der Waals surface area contributed by atoms with Crippen LogP contribution >= 0.6 is 23.2 Å². The van der Waals surface area contributed by atoms with Gasteiger partial charge >= 0.3 is 6.03 Å². The lowest BCUT2D eigenvalue weighted by Crippen LogP contribution is -2.35. The minimum Gasteiger partial charge on any atom is -0.292 e. The van der Waals surface area contributed by atoms with Gasteiger partial charge in [-0.05, 0) is 55.3 Å². The molecule has 3 aromatic rings. The molecule has 0 aliphatic heterocycles. The van der Waals surface area contributed by atoms with E-state index in [1.807, 2.05) is 31.3 Å². The summed E-state index contributed by atoms with van der Waals surface area (Å²) in [4.78, 5) is 28.7. The number of pyridine rings is 1. The zero-order chi connectivity index (χ0) is 21.1. The molecule has 29 heavy (non-hydrogen) atoms. The number of benzene rings is 2. The maximum atomic E-state index is 13.8. The minimum absolute atomic E-state index is 0.0903. The van der Waals surface area contributed by atoms with Gasteiger partial charge in [0.25, 0.3) is 5.91 Å². The maximum Gasteiger partial charge on any atom is 0.327 e. The van der Waals surface area contributed by atoms with Crippen molar-refractivity contribution < 1.29 is 14.0 Å². The van der Waals surface area contributed by atoms with Crippen molar-refractivity contribution in [1.82, 2.24) is 10.3 Å². The highest BCUT2D eigenvalue weighted by molar-refractivity contribution is 6.34. The van der Waals surface area contributed by atoms with Crippen LogP contribution in [0.1, 0.15) is 21.6 Å². The number of aryl methyl sites for hydroxylation is 2. The van der Waals surface area contributed by atoms with E-state index in [9.17, 15) is 14.0 Å². The number of carbonyl (C=O) groups is 2. The number of imide groups is 1. The normalized spacial score (nSPS) is 10.5. The Hall–Kier alpha value is -2.96. The number of rotatable bonds is 3. The summed E-state index contributed by atoms with van der Waals surface area (Å²) >= 11 is 11.8. The standard InChI is InChI=1S/C21H16Cl2FN3O2/c1-11-10-17(25-12(2)18(11)13-6-8-14(22)9-7-13)26-21(29)27-20(28)19-15(23)4-3-5-16(19)24/h3-10H,1-2H3,(H2,25,26,27,28,29). The molecule has 0 aliphatic rings. The first-order chi connectivity index (χ1) is 13.8. The van der Waals surface area contributed by atoms with E-state index in [0.29, 0.717) is 10.7 Å². The monoisotopic (exact) mass is 431 g/mol. The number of anilines is 1. The average Bonchev–Trinajstić information content (AvgIpc) is 2.62. The number of amides is 3. The summed E-state index contributed by atoms with van der Waals surface area (Å²) < 4.78 is 13.8. The van der Waals surface area contributed by atoms with Gasteiger partial charge in [0.05, 0.1) is 10.6 Å². The van der Waals surface area contributed by atoms with Crippen molar-refractivity contribution in [2.24, 2.45) is 0 Å². The molecule has 0 bridgehead atoms. The molecule has 3 rings (SSSR count). The number of nitrogens with one attached hydrogen (secondary N) is 2. The van der Waals surface area contributed by atoms with Crippen LogP contribution in [-0.4, -0.2) is 16.9 Å². The SMILES string of the molecule is Cc1cc(NC(=O)NC(=O)c2c(F)cccc2Cl)nc(C)c1-c1ccc(Cl)cc1. The van der Waals surface area contributed by atoms with Gasteiger partial charge in [0.15, 0.2) is 0 Å². The molecule has 0 radical (unpaired) electrons. The number of hydrogen-bond donors (Lipinski definition) is 2. The van der Waals surface area contributed by atoms with Gasteiger partial charge in [-0.3, -0.25) is 15.4 Å². The summed E-state index contributed by atoms with van der Waals surface area (Å²) in [6.45, 7) is 3.69. The molecular weight excluding hydrogens is 416 g/mol. The van der Waals surface area contributed by atoms with E-state index in [4.69, 9.17) is 23.2 Å². The number of nitrogens with zero attached hydrogens (tertiary/aromatic N) is 1. The van der Waals surface area contributed by atoms with E-state index in [1.165, 1.54) is 12.1 Å². The van der Waals surface area contributed by atoms with Crippen molar-refractivity contribution in [2.75, 3.05) is 5.32 Å². The predicted octanol–water partition coefficient (Wildman–Crippen LogP) is 5.77. The van der Waals surface area contributed by atoms with Crippen LogP contribution < -0.4 is 10.6 Å². The molecule has 0 aliphatic carbocycles. The summed E-state index contributed by atoms with van der Waals surface area (Å²) in [6.07, 6.45) is 0. The molecule has 148 valence electrons. The Morgan fingerprint density at radius 1 is 1.03 bits per heavy atom. The first kappa shape index (κ1) is 20.8. The third kappa shape index (κ3) is 4.72. The van der Waals surface area contributed by atoms with Crippen LogP contribution in [0.4, 0.5) is 15.0 Å². The molecule has 5 nitrogen and oxygen atoms in total.